The average molecular weight is 413 g/mol. The van der Waals surface area contributed by atoms with Crippen molar-refractivity contribution in [2.75, 3.05) is 0 Å². The number of thiazole rings is 1. The zero-order valence-corrected chi connectivity index (χ0v) is 16.6. The first-order valence-corrected chi connectivity index (χ1v) is 10.2. The molecule has 3 nitrogen and oxygen atoms in total. The molecule has 0 fully saturated rings. The van der Waals surface area contributed by atoms with Crippen LogP contribution in [0.5, 0.6) is 0 Å². The number of benzene rings is 2. The van der Waals surface area contributed by atoms with E-state index in [2.05, 4.69) is 9.71 Å². The number of fused-ring (bicyclic) bond motifs is 1. The second-order valence-corrected chi connectivity index (χ2v) is 10.1. The fourth-order valence-corrected chi connectivity index (χ4v) is 4.47. The highest BCUT2D eigenvalue weighted by Crippen LogP contribution is 2.38. The van der Waals surface area contributed by atoms with Gasteiger partial charge in [0, 0.05) is 0 Å². The van der Waals surface area contributed by atoms with Crippen LogP contribution in [-0.2, 0) is 17.2 Å². The van der Waals surface area contributed by atoms with Crippen molar-refractivity contribution >= 4 is 32.5 Å². The lowest BCUT2D eigenvalue weighted by atomic mass is 10.0. The van der Waals surface area contributed by atoms with Gasteiger partial charge in [0.05, 0.1) is 37.6 Å². The molecule has 8 heteroatoms. The van der Waals surface area contributed by atoms with Gasteiger partial charge in [-0.3, -0.25) is 0 Å². The van der Waals surface area contributed by atoms with Crippen LogP contribution in [0.3, 0.4) is 0 Å². The van der Waals surface area contributed by atoms with Crippen molar-refractivity contribution in [3.05, 3.63) is 64.7 Å². The largest absolute Gasteiger partial charge is 0.416 e. The number of rotatable bonds is 4. The van der Waals surface area contributed by atoms with Gasteiger partial charge in [-0.15, -0.1) is 11.3 Å². The summed E-state index contributed by atoms with van der Waals surface area (Å²) in [6.07, 6.45) is -4.52. The topological polar surface area (TPSA) is 42.0 Å². The number of alkyl halides is 3. The van der Waals surface area contributed by atoms with E-state index in [0.29, 0.717) is 10.5 Å². The SMILES string of the molecule is CC(C)(C)S(=O)N[C@H](c1nc2ccccc2s1)c1ccccc1C(F)(F)F. The van der Waals surface area contributed by atoms with Crippen molar-refractivity contribution in [3.63, 3.8) is 0 Å². The Hall–Kier alpha value is -1.77. The standard InChI is InChI=1S/C19H19F3N2OS2/c1-18(2,3)27(25)24-16(12-8-4-5-9-13(12)19(20,21)22)17-23-14-10-6-7-11-15(14)26-17/h4-11,16,24H,1-3H3/t16-,27?/m0/s1. The predicted octanol–water partition coefficient (Wildman–Crippen LogP) is 5.46. The van der Waals surface area contributed by atoms with Crippen LogP contribution >= 0.6 is 11.3 Å². The van der Waals surface area contributed by atoms with E-state index in [0.717, 1.165) is 10.8 Å². The van der Waals surface area contributed by atoms with Gasteiger partial charge in [-0.25, -0.2) is 13.9 Å². The molecule has 0 aliphatic rings. The molecular weight excluding hydrogens is 393 g/mol. The zero-order chi connectivity index (χ0) is 19.8. The fraction of sp³-hybridized carbons (Fsp3) is 0.316. The van der Waals surface area contributed by atoms with Gasteiger partial charge in [0.2, 0.25) is 0 Å². The van der Waals surface area contributed by atoms with Crippen LogP contribution in [0.1, 0.15) is 42.9 Å². The van der Waals surface area contributed by atoms with Crippen LogP contribution in [0, 0.1) is 0 Å². The van der Waals surface area contributed by atoms with Crippen LogP contribution in [-0.4, -0.2) is 13.9 Å². The highest BCUT2D eigenvalue weighted by Gasteiger charge is 2.37. The van der Waals surface area contributed by atoms with E-state index in [1.165, 1.54) is 23.5 Å². The smallest absolute Gasteiger partial charge is 0.242 e. The third-order valence-electron chi connectivity index (χ3n) is 3.92. The van der Waals surface area contributed by atoms with E-state index in [1.807, 2.05) is 24.3 Å². The molecule has 2 aromatic carbocycles. The van der Waals surface area contributed by atoms with Gasteiger partial charge in [0.25, 0.3) is 0 Å². The number of nitrogens with zero attached hydrogens (tertiary/aromatic N) is 1. The average Bonchev–Trinajstić information content (AvgIpc) is 3.01. The van der Waals surface area contributed by atoms with Crippen LogP contribution in [0.25, 0.3) is 10.2 Å². The summed E-state index contributed by atoms with van der Waals surface area (Å²) in [4.78, 5) is 4.50. The van der Waals surface area contributed by atoms with Crippen LogP contribution in [0.2, 0.25) is 0 Å². The molecule has 0 radical (unpaired) electrons. The monoisotopic (exact) mass is 412 g/mol. The minimum absolute atomic E-state index is 0.0154. The summed E-state index contributed by atoms with van der Waals surface area (Å²) in [5, 5.41) is 0.450. The molecule has 2 atom stereocenters. The maximum absolute atomic E-state index is 13.6. The third-order valence-corrected chi connectivity index (χ3v) is 6.58. The lowest BCUT2D eigenvalue weighted by Crippen LogP contribution is -2.36. The number of hydrogen-bond acceptors (Lipinski definition) is 3. The molecule has 0 aliphatic carbocycles. The molecule has 1 N–H and O–H groups in total. The molecule has 0 amide bonds. The predicted molar refractivity (Wildman–Crippen MR) is 104 cm³/mol. The molecule has 3 aromatic rings. The summed E-state index contributed by atoms with van der Waals surface area (Å²) in [6.45, 7) is 5.30. The Bertz CT molecular complexity index is 944. The van der Waals surface area contributed by atoms with Crippen molar-refractivity contribution < 1.29 is 17.4 Å². The van der Waals surface area contributed by atoms with Gasteiger partial charge in [-0.2, -0.15) is 13.2 Å². The quantitative estimate of drug-likeness (QED) is 0.619. The molecular formula is C19H19F3N2OS2. The second-order valence-electron chi connectivity index (χ2n) is 7.04. The molecule has 3 rings (SSSR count). The lowest BCUT2D eigenvalue weighted by Gasteiger charge is -2.25. The minimum Gasteiger partial charge on any atom is -0.242 e. The molecule has 0 saturated heterocycles. The number of aromatic nitrogens is 1. The molecule has 1 heterocycles. The van der Waals surface area contributed by atoms with Gasteiger partial charge in [0.1, 0.15) is 5.01 Å². The van der Waals surface area contributed by atoms with E-state index in [1.54, 1.807) is 26.8 Å². The Morgan fingerprint density at radius 1 is 1.04 bits per heavy atom. The molecule has 0 spiro atoms. The maximum atomic E-state index is 13.6. The normalized spacial score (nSPS) is 15.0. The van der Waals surface area contributed by atoms with E-state index in [4.69, 9.17) is 0 Å². The molecule has 1 unspecified atom stereocenters. The number of hydrogen-bond donors (Lipinski definition) is 1. The summed E-state index contributed by atoms with van der Waals surface area (Å²) >= 11 is 1.30. The summed E-state index contributed by atoms with van der Waals surface area (Å²) in [5.74, 6) is 0. The Morgan fingerprint density at radius 2 is 1.67 bits per heavy atom. The summed E-state index contributed by atoms with van der Waals surface area (Å²) in [5.41, 5.74) is -0.0374. The third kappa shape index (κ3) is 4.39. The van der Waals surface area contributed by atoms with Gasteiger partial charge >= 0.3 is 6.18 Å². The lowest BCUT2D eigenvalue weighted by molar-refractivity contribution is -0.138. The molecule has 0 aliphatic heterocycles. The van der Waals surface area contributed by atoms with Crippen molar-refractivity contribution in [1.82, 2.24) is 9.71 Å². The maximum Gasteiger partial charge on any atom is 0.416 e. The molecule has 1 aromatic heterocycles. The number of nitrogens with one attached hydrogen (secondary N) is 1. The molecule has 144 valence electrons. The first kappa shape index (κ1) is 20.0. The minimum atomic E-state index is -4.52. The van der Waals surface area contributed by atoms with Crippen LogP contribution in [0.4, 0.5) is 13.2 Å². The molecule has 0 saturated carbocycles. The first-order chi connectivity index (χ1) is 12.6. The van der Waals surface area contributed by atoms with Gasteiger partial charge < -0.3 is 0 Å². The fourth-order valence-electron chi connectivity index (χ4n) is 2.55. The highest BCUT2D eigenvalue weighted by molar-refractivity contribution is 7.84. The molecule has 0 bridgehead atoms. The Morgan fingerprint density at radius 3 is 2.30 bits per heavy atom. The van der Waals surface area contributed by atoms with E-state index >= 15 is 0 Å². The van der Waals surface area contributed by atoms with Crippen molar-refractivity contribution in [3.8, 4) is 0 Å². The number of para-hydroxylation sites is 1. The Labute approximate surface area is 162 Å². The Balaban J connectivity index is 2.15. The second kappa shape index (κ2) is 7.33. The van der Waals surface area contributed by atoms with Crippen molar-refractivity contribution in [2.24, 2.45) is 0 Å². The van der Waals surface area contributed by atoms with Crippen molar-refractivity contribution in [2.45, 2.75) is 37.7 Å². The summed E-state index contributed by atoms with van der Waals surface area (Å²) < 4.78 is 56.5. The van der Waals surface area contributed by atoms with Crippen molar-refractivity contribution in [1.29, 1.82) is 0 Å². The Kier molecular flexibility index (Phi) is 5.42. The van der Waals surface area contributed by atoms with E-state index in [-0.39, 0.29) is 5.56 Å². The highest BCUT2D eigenvalue weighted by atomic mass is 32.2. The van der Waals surface area contributed by atoms with E-state index < -0.39 is 33.5 Å². The zero-order valence-electron chi connectivity index (χ0n) is 15.0. The first-order valence-electron chi connectivity index (χ1n) is 8.27. The molecule has 27 heavy (non-hydrogen) atoms. The number of halogens is 3. The van der Waals surface area contributed by atoms with Crippen LogP contribution in [0.15, 0.2) is 48.5 Å². The van der Waals surface area contributed by atoms with Gasteiger partial charge in [0.15, 0.2) is 0 Å². The summed E-state index contributed by atoms with van der Waals surface area (Å²) in [7, 11) is -1.58. The van der Waals surface area contributed by atoms with Gasteiger partial charge in [-0.05, 0) is 44.5 Å². The van der Waals surface area contributed by atoms with Crippen LogP contribution < -0.4 is 4.72 Å². The van der Waals surface area contributed by atoms with Gasteiger partial charge in [-0.1, -0.05) is 30.3 Å². The van der Waals surface area contributed by atoms with E-state index in [9.17, 15) is 17.4 Å². The summed E-state index contributed by atoms with van der Waals surface area (Å²) in [6, 6.07) is 11.8.